The van der Waals surface area contributed by atoms with E-state index in [9.17, 15) is 4.39 Å². The minimum Gasteiger partial charge on any atom is -0.396 e. The largest absolute Gasteiger partial charge is 0.396 e. The minimum absolute atomic E-state index is 0.203. The maximum Gasteiger partial charge on any atom is 0.146 e. The molecule has 0 spiro atoms. The molecule has 0 aliphatic rings. The molecule has 3 aromatic rings. The second kappa shape index (κ2) is 4.15. The standard InChI is InChI=1S/C16H12FN/c17-15-10-4-9-14(16(15)18)13-8-3-6-11-5-1-2-7-12(11)13/h1-10H,18H2. The molecule has 3 aromatic carbocycles. The number of halogens is 1. The van der Waals surface area contributed by atoms with Gasteiger partial charge in [-0.1, -0.05) is 54.6 Å². The van der Waals surface area contributed by atoms with E-state index in [0.717, 1.165) is 21.9 Å². The SMILES string of the molecule is Nc1c(F)cccc1-c1cccc2ccccc12. The molecular weight excluding hydrogens is 225 g/mol. The van der Waals surface area contributed by atoms with Gasteiger partial charge < -0.3 is 5.73 Å². The van der Waals surface area contributed by atoms with Crippen LogP contribution in [0.5, 0.6) is 0 Å². The van der Waals surface area contributed by atoms with Crippen molar-refractivity contribution in [2.75, 3.05) is 5.73 Å². The van der Waals surface area contributed by atoms with Gasteiger partial charge >= 0.3 is 0 Å². The van der Waals surface area contributed by atoms with Crippen molar-refractivity contribution in [3.05, 3.63) is 66.5 Å². The number of anilines is 1. The van der Waals surface area contributed by atoms with E-state index in [2.05, 4.69) is 0 Å². The third kappa shape index (κ3) is 1.63. The lowest BCUT2D eigenvalue weighted by atomic mass is 9.97. The number of rotatable bonds is 1. The van der Waals surface area contributed by atoms with Crippen LogP contribution in [-0.4, -0.2) is 0 Å². The van der Waals surface area contributed by atoms with Crippen LogP contribution in [-0.2, 0) is 0 Å². The molecule has 18 heavy (non-hydrogen) atoms. The van der Waals surface area contributed by atoms with Crippen LogP contribution in [0.2, 0.25) is 0 Å². The fourth-order valence-electron chi connectivity index (χ4n) is 2.23. The van der Waals surface area contributed by atoms with E-state index < -0.39 is 0 Å². The summed E-state index contributed by atoms with van der Waals surface area (Å²) >= 11 is 0. The first-order valence-corrected chi connectivity index (χ1v) is 5.79. The zero-order valence-corrected chi connectivity index (χ0v) is 9.73. The normalized spacial score (nSPS) is 10.7. The van der Waals surface area contributed by atoms with E-state index in [1.165, 1.54) is 6.07 Å². The van der Waals surface area contributed by atoms with Crippen molar-refractivity contribution >= 4 is 16.5 Å². The lowest BCUT2D eigenvalue weighted by Gasteiger charge is -2.09. The van der Waals surface area contributed by atoms with Crippen LogP contribution in [0.3, 0.4) is 0 Å². The van der Waals surface area contributed by atoms with Gasteiger partial charge in [0.05, 0.1) is 5.69 Å². The number of hydrogen-bond donors (Lipinski definition) is 1. The number of hydrogen-bond acceptors (Lipinski definition) is 1. The van der Waals surface area contributed by atoms with Crippen LogP contribution in [0, 0.1) is 5.82 Å². The third-order valence-corrected chi connectivity index (χ3v) is 3.13. The summed E-state index contributed by atoms with van der Waals surface area (Å²) in [6.45, 7) is 0. The molecule has 0 heterocycles. The molecule has 0 fully saturated rings. The molecule has 0 aliphatic heterocycles. The van der Waals surface area contributed by atoms with E-state index in [-0.39, 0.29) is 11.5 Å². The van der Waals surface area contributed by atoms with Crippen LogP contribution in [0.15, 0.2) is 60.7 Å². The Morgan fingerprint density at radius 3 is 2.28 bits per heavy atom. The average Bonchev–Trinajstić information content (AvgIpc) is 2.41. The molecule has 0 aromatic heterocycles. The van der Waals surface area contributed by atoms with E-state index in [1.54, 1.807) is 6.07 Å². The third-order valence-electron chi connectivity index (χ3n) is 3.13. The molecule has 2 N–H and O–H groups in total. The Bertz CT molecular complexity index is 714. The van der Waals surface area contributed by atoms with Gasteiger partial charge in [0, 0.05) is 5.56 Å². The summed E-state index contributed by atoms with van der Waals surface area (Å²) in [6.07, 6.45) is 0. The molecule has 0 aliphatic carbocycles. The Labute approximate surface area is 105 Å². The Hall–Kier alpha value is -2.35. The van der Waals surface area contributed by atoms with Crippen LogP contribution < -0.4 is 5.73 Å². The second-order valence-corrected chi connectivity index (χ2v) is 4.23. The van der Waals surface area contributed by atoms with Crippen molar-refractivity contribution in [3.8, 4) is 11.1 Å². The molecule has 0 atom stereocenters. The predicted octanol–water partition coefficient (Wildman–Crippen LogP) is 4.23. The van der Waals surface area contributed by atoms with Gasteiger partial charge in [-0.2, -0.15) is 0 Å². The fourth-order valence-corrected chi connectivity index (χ4v) is 2.23. The molecule has 0 amide bonds. The Balaban J connectivity index is 2.35. The first-order chi connectivity index (χ1) is 8.77. The molecule has 2 heteroatoms. The summed E-state index contributed by atoms with van der Waals surface area (Å²) in [5, 5.41) is 2.20. The van der Waals surface area contributed by atoms with Crippen molar-refractivity contribution in [2.45, 2.75) is 0 Å². The minimum atomic E-state index is -0.375. The molecule has 0 unspecified atom stereocenters. The van der Waals surface area contributed by atoms with Crippen molar-refractivity contribution in [1.82, 2.24) is 0 Å². The highest BCUT2D eigenvalue weighted by Crippen LogP contribution is 2.33. The van der Waals surface area contributed by atoms with E-state index in [0.29, 0.717) is 0 Å². The summed E-state index contributed by atoms with van der Waals surface area (Å²) in [6, 6.07) is 18.9. The Kier molecular flexibility index (Phi) is 2.49. The molecule has 0 saturated heterocycles. The first-order valence-electron chi connectivity index (χ1n) is 5.79. The van der Waals surface area contributed by atoms with Crippen LogP contribution in [0.1, 0.15) is 0 Å². The number of para-hydroxylation sites is 1. The van der Waals surface area contributed by atoms with E-state index >= 15 is 0 Å². The smallest absolute Gasteiger partial charge is 0.146 e. The van der Waals surface area contributed by atoms with Crippen LogP contribution >= 0.6 is 0 Å². The van der Waals surface area contributed by atoms with Gasteiger partial charge in [0.25, 0.3) is 0 Å². The zero-order valence-electron chi connectivity index (χ0n) is 9.73. The van der Waals surface area contributed by atoms with Gasteiger partial charge in [-0.05, 0) is 22.4 Å². The molecule has 0 radical (unpaired) electrons. The summed E-state index contributed by atoms with van der Waals surface area (Å²) < 4.78 is 13.5. The molecular formula is C16H12FN. The topological polar surface area (TPSA) is 26.0 Å². The number of benzene rings is 3. The highest BCUT2D eigenvalue weighted by Gasteiger charge is 2.09. The maximum atomic E-state index is 13.5. The quantitative estimate of drug-likeness (QED) is 0.630. The number of nitrogens with two attached hydrogens (primary N) is 1. The van der Waals surface area contributed by atoms with E-state index in [1.807, 2.05) is 48.5 Å². The summed E-state index contributed by atoms with van der Waals surface area (Å²) in [5.41, 5.74) is 7.74. The monoisotopic (exact) mass is 237 g/mol. The summed E-state index contributed by atoms with van der Waals surface area (Å²) in [4.78, 5) is 0. The van der Waals surface area contributed by atoms with Crippen molar-refractivity contribution < 1.29 is 4.39 Å². The Morgan fingerprint density at radius 2 is 1.39 bits per heavy atom. The van der Waals surface area contributed by atoms with E-state index in [4.69, 9.17) is 5.73 Å². The van der Waals surface area contributed by atoms with Gasteiger partial charge in [-0.15, -0.1) is 0 Å². The second-order valence-electron chi connectivity index (χ2n) is 4.23. The fraction of sp³-hybridized carbons (Fsp3) is 0. The van der Waals surface area contributed by atoms with Gasteiger partial charge in [-0.25, -0.2) is 4.39 Å². The van der Waals surface area contributed by atoms with Gasteiger partial charge in [-0.3, -0.25) is 0 Å². The highest BCUT2D eigenvalue weighted by molar-refractivity contribution is 5.99. The number of nitrogen functional groups attached to an aromatic ring is 1. The van der Waals surface area contributed by atoms with Crippen molar-refractivity contribution in [2.24, 2.45) is 0 Å². The van der Waals surface area contributed by atoms with Crippen LogP contribution in [0.4, 0.5) is 10.1 Å². The molecule has 0 bridgehead atoms. The van der Waals surface area contributed by atoms with Gasteiger partial charge in [0.1, 0.15) is 5.82 Å². The van der Waals surface area contributed by atoms with Crippen LogP contribution in [0.25, 0.3) is 21.9 Å². The molecule has 0 saturated carbocycles. The van der Waals surface area contributed by atoms with Crippen molar-refractivity contribution in [3.63, 3.8) is 0 Å². The lowest BCUT2D eigenvalue weighted by Crippen LogP contribution is -1.94. The first kappa shape index (κ1) is 10.8. The highest BCUT2D eigenvalue weighted by atomic mass is 19.1. The average molecular weight is 237 g/mol. The molecule has 1 nitrogen and oxygen atoms in total. The summed E-state index contributed by atoms with van der Waals surface area (Å²) in [7, 11) is 0. The summed E-state index contributed by atoms with van der Waals surface area (Å²) in [5.74, 6) is -0.375. The lowest BCUT2D eigenvalue weighted by molar-refractivity contribution is 0.633. The van der Waals surface area contributed by atoms with Crippen molar-refractivity contribution in [1.29, 1.82) is 0 Å². The van der Waals surface area contributed by atoms with Gasteiger partial charge in [0.15, 0.2) is 0 Å². The zero-order chi connectivity index (χ0) is 12.5. The maximum absolute atomic E-state index is 13.5. The number of fused-ring (bicyclic) bond motifs is 1. The molecule has 88 valence electrons. The van der Waals surface area contributed by atoms with Gasteiger partial charge in [0.2, 0.25) is 0 Å². The Morgan fingerprint density at radius 1 is 0.722 bits per heavy atom. The predicted molar refractivity (Wildman–Crippen MR) is 73.8 cm³/mol. The molecule has 3 rings (SSSR count).